The van der Waals surface area contributed by atoms with Gasteiger partial charge in [0.2, 0.25) is 0 Å². The first kappa shape index (κ1) is 12.5. The Morgan fingerprint density at radius 3 is 2.47 bits per heavy atom. The summed E-state index contributed by atoms with van der Waals surface area (Å²) < 4.78 is 0. The van der Waals surface area contributed by atoms with E-state index in [-0.39, 0.29) is 18.5 Å². The van der Waals surface area contributed by atoms with E-state index in [2.05, 4.69) is 29.6 Å². The van der Waals surface area contributed by atoms with Crippen LogP contribution < -0.4 is 5.32 Å². The van der Waals surface area contributed by atoms with Crippen LogP contribution in [0.25, 0.3) is 0 Å². The second-order valence-electron chi connectivity index (χ2n) is 4.11. The van der Waals surface area contributed by atoms with E-state index in [1.165, 1.54) is 5.56 Å². The molecule has 0 amide bonds. The molecule has 1 fully saturated rings. The summed E-state index contributed by atoms with van der Waals surface area (Å²) in [6, 6.07) is 10.4. The number of hydrogen-bond acceptors (Lipinski definition) is 2. The lowest BCUT2D eigenvalue weighted by Crippen LogP contribution is -2.35. The van der Waals surface area contributed by atoms with Crippen LogP contribution in [-0.4, -0.2) is 17.8 Å². The summed E-state index contributed by atoms with van der Waals surface area (Å²) in [6.45, 7) is 1.97. The molecule has 0 aliphatic heterocycles. The maximum absolute atomic E-state index is 9.11. The highest BCUT2D eigenvalue weighted by molar-refractivity contribution is 5.85. The van der Waals surface area contributed by atoms with Crippen LogP contribution in [0.4, 0.5) is 0 Å². The molecule has 84 valence electrons. The van der Waals surface area contributed by atoms with Crippen molar-refractivity contribution in [1.29, 1.82) is 0 Å². The summed E-state index contributed by atoms with van der Waals surface area (Å²) in [5.41, 5.74) is 1.33. The van der Waals surface area contributed by atoms with Crippen LogP contribution in [0.1, 0.15) is 18.4 Å². The molecule has 3 heteroatoms. The van der Waals surface area contributed by atoms with E-state index in [1.54, 1.807) is 0 Å². The van der Waals surface area contributed by atoms with Gasteiger partial charge < -0.3 is 10.4 Å². The molecule has 1 aromatic rings. The van der Waals surface area contributed by atoms with Crippen molar-refractivity contribution in [3.8, 4) is 0 Å². The Morgan fingerprint density at radius 2 is 1.87 bits per heavy atom. The lowest BCUT2D eigenvalue weighted by Gasteiger charge is -2.31. The topological polar surface area (TPSA) is 32.3 Å². The molecular weight excluding hydrogens is 210 g/mol. The molecule has 0 aromatic heterocycles. The third kappa shape index (κ3) is 3.82. The fourth-order valence-corrected chi connectivity index (χ4v) is 1.88. The molecule has 1 aliphatic carbocycles. The minimum Gasteiger partial charge on any atom is -0.393 e. The third-order valence-electron chi connectivity index (χ3n) is 2.82. The molecular formula is C12H18ClNO. The van der Waals surface area contributed by atoms with Crippen molar-refractivity contribution in [3.05, 3.63) is 35.9 Å². The van der Waals surface area contributed by atoms with Gasteiger partial charge in [-0.15, -0.1) is 12.4 Å². The Kier molecular flexibility index (Phi) is 5.09. The molecule has 0 heterocycles. The second kappa shape index (κ2) is 6.11. The highest BCUT2D eigenvalue weighted by atomic mass is 35.5. The van der Waals surface area contributed by atoms with Crippen LogP contribution in [0.2, 0.25) is 0 Å². The third-order valence-corrected chi connectivity index (χ3v) is 2.82. The molecule has 15 heavy (non-hydrogen) atoms. The number of rotatable bonds is 4. The van der Waals surface area contributed by atoms with Gasteiger partial charge in [0.25, 0.3) is 0 Å². The molecule has 0 atom stereocenters. The number of halogens is 1. The average Bonchev–Trinajstić information content (AvgIpc) is 2.17. The zero-order valence-electron chi connectivity index (χ0n) is 8.73. The van der Waals surface area contributed by atoms with Crippen LogP contribution in [0.15, 0.2) is 30.3 Å². The van der Waals surface area contributed by atoms with Crippen molar-refractivity contribution in [2.45, 2.75) is 25.5 Å². The number of benzene rings is 1. The van der Waals surface area contributed by atoms with Gasteiger partial charge in [-0.25, -0.2) is 0 Å². The highest BCUT2D eigenvalue weighted by Gasteiger charge is 2.26. The standard InChI is InChI=1S/C12H17NO.ClH/c14-12-6-11(7-12)9-13-8-10-4-2-1-3-5-10;/h1-5,11-14H,6-9H2;1H. The van der Waals surface area contributed by atoms with Gasteiger partial charge in [-0.3, -0.25) is 0 Å². The van der Waals surface area contributed by atoms with Gasteiger partial charge in [0, 0.05) is 6.54 Å². The van der Waals surface area contributed by atoms with E-state index in [0.29, 0.717) is 5.92 Å². The zero-order chi connectivity index (χ0) is 9.80. The minimum atomic E-state index is -0.0291. The van der Waals surface area contributed by atoms with Crippen molar-refractivity contribution >= 4 is 12.4 Å². The van der Waals surface area contributed by atoms with Gasteiger partial charge in [-0.1, -0.05) is 30.3 Å². The molecule has 1 saturated carbocycles. The second-order valence-corrected chi connectivity index (χ2v) is 4.11. The van der Waals surface area contributed by atoms with E-state index in [9.17, 15) is 0 Å². The Bertz CT molecular complexity index is 272. The molecule has 2 nitrogen and oxygen atoms in total. The quantitative estimate of drug-likeness (QED) is 0.825. The molecule has 2 N–H and O–H groups in total. The predicted octanol–water partition coefficient (Wildman–Crippen LogP) is 1.97. The number of nitrogens with one attached hydrogen (secondary N) is 1. The van der Waals surface area contributed by atoms with E-state index in [1.807, 2.05) is 6.07 Å². The van der Waals surface area contributed by atoms with Gasteiger partial charge >= 0.3 is 0 Å². The largest absolute Gasteiger partial charge is 0.393 e. The summed E-state index contributed by atoms with van der Waals surface area (Å²) in [5.74, 6) is 0.689. The van der Waals surface area contributed by atoms with Crippen molar-refractivity contribution in [3.63, 3.8) is 0 Å². The Labute approximate surface area is 97.1 Å². The first-order valence-electron chi connectivity index (χ1n) is 5.27. The SMILES string of the molecule is Cl.OC1CC(CNCc2ccccc2)C1. The monoisotopic (exact) mass is 227 g/mol. The van der Waals surface area contributed by atoms with Crippen LogP contribution >= 0.6 is 12.4 Å². The van der Waals surface area contributed by atoms with Crippen LogP contribution in [0, 0.1) is 5.92 Å². The minimum absolute atomic E-state index is 0. The smallest absolute Gasteiger partial charge is 0.0546 e. The van der Waals surface area contributed by atoms with Crippen LogP contribution in [-0.2, 0) is 6.54 Å². The van der Waals surface area contributed by atoms with Crippen molar-refractivity contribution < 1.29 is 5.11 Å². The van der Waals surface area contributed by atoms with Gasteiger partial charge in [0.1, 0.15) is 0 Å². The van der Waals surface area contributed by atoms with Crippen molar-refractivity contribution in [2.75, 3.05) is 6.54 Å². The zero-order valence-corrected chi connectivity index (χ0v) is 9.54. The molecule has 0 unspecified atom stereocenters. The summed E-state index contributed by atoms with van der Waals surface area (Å²) in [6.07, 6.45) is 1.92. The predicted molar refractivity (Wildman–Crippen MR) is 64.1 cm³/mol. The van der Waals surface area contributed by atoms with Crippen LogP contribution in [0.3, 0.4) is 0 Å². The Hall–Kier alpha value is -0.570. The van der Waals surface area contributed by atoms with Crippen LogP contribution in [0.5, 0.6) is 0 Å². The maximum atomic E-state index is 9.11. The molecule has 1 aromatic carbocycles. The summed E-state index contributed by atoms with van der Waals surface area (Å²) >= 11 is 0. The average molecular weight is 228 g/mol. The molecule has 1 aliphatic rings. The van der Waals surface area contributed by atoms with E-state index < -0.39 is 0 Å². The van der Waals surface area contributed by atoms with Gasteiger partial charge in [-0.2, -0.15) is 0 Å². The Balaban J connectivity index is 0.00000112. The maximum Gasteiger partial charge on any atom is 0.0546 e. The van der Waals surface area contributed by atoms with Crippen molar-refractivity contribution in [1.82, 2.24) is 5.32 Å². The van der Waals surface area contributed by atoms with Gasteiger partial charge in [0.15, 0.2) is 0 Å². The normalized spacial score (nSPS) is 24.1. The fourth-order valence-electron chi connectivity index (χ4n) is 1.88. The van der Waals surface area contributed by atoms with Gasteiger partial charge in [0.05, 0.1) is 6.10 Å². The van der Waals surface area contributed by atoms with E-state index in [4.69, 9.17) is 5.11 Å². The van der Waals surface area contributed by atoms with E-state index in [0.717, 1.165) is 25.9 Å². The van der Waals surface area contributed by atoms with Crippen molar-refractivity contribution in [2.24, 2.45) is 5.92 Å². The first-order valence-corrected chi connectivity index (χ1v) is 5.27. The molecule has 0 radical (unpaired) electrons. The van der Waals surface area contributed by atoms with E-state index >= 15 is 0 Å². The number of aliphatic hydroxyl groups excluding tert-OH is 1. The number of aliphatic hydroxyl groups is 1. The summed E-state index contributed by atoms with van der Waals surface area (Å²) in [5, 5.41) is 12.5. The summed E-state index contributed by atoms with van der Waals surface area (Å²) in [4.78, 5) is 0. The Morgan fingerprint density at radius 1 is 1.20 bits per heavy atom. The number of hydrogen-bond donors (Lipinski definition) is 2. The molecule has 2 rings (SSSR count). The molecule has 0 bridgehead atoms. The first-order chi connectivity index (χ1) is 6.84. The molecule has 0 saturated heterocycles. The summed E-state index contributed by atoms with van der Waals surface area (Å²) in [7, 11) is 0. The lowest BCUT2D eigenvalue weighted by atomic mass is 9.82. The molecule has 0 spiro atoms. The fraction of sp³-hybridized carbons (Fsp3) is 0.500. The lowest BCUT2D eigenvalue weighted by molar-refractivity contribution is 0.0430. The van der Waals surface area contributed by atoms with Gasteiger partial charge in [-0.05, 0) is 30.9 Å². The highest BCUT2D eigenvalue weighted by Crippen LogP contribution is 2.26.